The van der Waals surface area contributed by atoms with E-state index >= 15 is 0 Å². The number of fused-ring (bicyclic) bond motifs is 1. The van der Waals surface area contributed by atoms with Gasteiger partial charge in [-0.2, -0.15) is 0 Å². The lowest BCUT2D eigenvalue weighted by Crippen LogP contribution is -2.60. The molecule has 0 unspecified atom stereocenters. The number of carbonyl (C=O) groups excluding carboxylic acids is 1. The van der Waals surface area contributed by atoms with Crippen molar-refractivity contribution >= 4 is 15.7 Å². The molecule has 2 aliphatic heterocycles. The van der Waals surface area contributed by atoms with Gasteiger partial charge in [0.2, 0.25) is 0 Å². The molecule has 8 nitrogen and oxygen atoms in total. The van der Waals surface area contributed by atoms with Crippen molar-refractivity contribution in [3.8, 4) is 0 Å². The molecule has 134 valence electrons. The highest BCUT2D eigenvalue weighted by Gasteiger charge is 2.48. The maximum absolute atomic E-state index is 12.8. The number of carbonyl (C=O) groups is 1. The number of H-pyrrole nitrogens is 2. The first-order valence-corrected chi connectivity index (χ1v) is 10.1. The van der Waals surface area contributed by atoms with Gasteiger partial charge in [-0.25, -0.2) is 13.4 Å². The number of hydrogen-bond acceptors (Lipinski definition) is 5. The monoisotopic (exact) mass is 363 g/mol. The molecule has 0 radical (unpaired) electrons. The number of aromatic amines is 2. The predicted octanol–water partition coefficient (Wildman–Crippen LogP) is 0.170. The van der Waals surface area contributed by atoms with Gasteiger partial charge in [0.25, 0.3) is 5.91 Å². The van der Waals surface area contributed by atoms with E-state index in [0.29, 0.717) is 25.3 Å². The van der Waals surface area contributed by atoms with Crippen LogP contribution in [0.1, 0.15) is 21.9 Å². The Balaban J connectivity index is 1.60. The van der Waals surface area contributed by atoms with Gasteiger partial charge in [0.1, 0.15) is 5.69 Å². The van der Waals surface area contributed by atoms with E-state index in [1.54, 1.807) is 29.6 Å². The first kappa shape index (κ1) is 16.3. The number of aryl methyl sites for hydroxylation is 1. The van der Waals surface area contributed by atoms with E-state index in [4.69, 9.17) is 0 Å². The van der Waals surface area contributed by atoms with Gasteiger partial charge in [0.15, 0.2) is 9.84 Å². The maximum atomic E-state index is 12.8. The molecule has 0 aromatic carbocycles. The Morgan fingerprint density at radius 3 is 2.76 bits per heavy atom. The molecule has 0 aliphatic carbocycles. The van der Waals surface area contributed by atoms with Crippen LogP contribution < -0.4 is 0 Å². The van der Waals surface area contributed by atoms with Crippen molar-refractivity contribution in [2.45, 2.75) is 25.6 Å². The predicted molar refractivity (Wildman–Crippen MR) is 91.8 cm³/mol. The van der Waals surface area contributed by atoms with Crippen LogP contribution in [0.25, 0.3) is 0 Å². The van der Waals surface area contributed by atoms with Gasteiger partial charge in [-0.3, -0.25) is 9.69 Å². The minimum Gasteiger partial charge on any atom is -0.357 e. The molecular formula is C16H21N5O3S. The molecule has 0 bridgehead atoms. The Labute approximate surface area is 146 Å². The second kappa shape index (κ2) is 5.99. The number of aromatic nitrogens is 3. The Kier molecular flexibility index (Phi) is 3.92. The van der Waals surface area contributed by atoms with E-state index in [0.717, 1.165) is 11.4 Å². The molecule has 9 heteroatoms. The Bertz CT molecular complexity index is 873. The number of imidazole rings is 1. The standard InChI is InChI=1S/C16H21N5O3S/c1-11-13(19-10-18-11)7-20-5-6-21(16(22)12-3-2-4-17-12)15-9-25(23,24)8-14(15)20/h2-4,10,14-15,17H,5-9H2,1H3,(H,18,19)/t14-,15+/m1/s1. The van der Waals surface area contributed by atoms with E-state index in [1.807, 2.05) is 6.92 Å². The molecule has 2 aromatic heterocycles. The molecule has 2 aromatic rings. The zero-order chi connectivity index (χ0) is 17.6. The number of amides is 1. The third kappa shape index (κ3) is 2.98. The molecule has 1 amide bonds. The Morgan fingerprint density at radius 1 is 1.28 bits per heavy atom. The highest BCUT2D eigenvalue weighted by Crippen LogP contribution is 2.29. The van der Waals surface area contributed by atoms with Crippen molar-refractivity contribution < 1.29 is 13.2 Å². The molecule has 25 heavy (non-hydrogen) atoms. The van der Waals surface area contributed by atoms with Crippen molar-refractivity contribution in [1.29, 1.82) is 0 Å². The number of sulfone groups is 1. The van der Waals surface area contributed by atoms with Crippen LogP contribution in [0.4, 0.5) is 0 Å². The fraction of sp³-hybridized carbons (Fsp3) is 0.500. The first-order chi connectivity index (χ1) is 11.9. The van der Waals surface area contributed by atoms with E-state index in [2.05, 4.69) is 19.9 Å². The molecular weight excluding hydrogens is 342 g/mol. The van der Waals surface area contributed by atoms with Crippen molar-refractivity contribution in [3.63, 3.8) is 0 Å². The molecule has 0 saturated carbocycles. The van der Waals surface area contributed by atoms with Crippen LogP contribution in [0.2, 0.25) is 0 Å². The summed E-state index contributed by atoms with van der Waals surface area (Å²) in [4.78, 5) is 26.9. The highest BCUT2D eigenvalue weighted by molar-refractivity contribution is 7.91. The largest absolute Gasteiger partial charge is 0.357 e. The quantitative estimate of drug-likeness (QED) is 0.809. The summed E-state index contributed by atoms with van der Waals surface area (Å²) in [6.07, 6.45) is 3.35. The summed E-state index contributed by atoms with van der Waals surface area (Å²) < 4.78 is 24.5. The van der Waals surface area contributed by atoms with Crippen LogP contribution in [0, 0.1) is 6.92 Å². The average molecular weight is 363 g/mol. The van der Waals surface area contributed by atoms with Crippen molar-refractivity contribution in [1.82, 2.24) is 24.8 Å². The van der Waals surface area contributed by atoms with E-state index in [9.17, 15) is 13.2 Å². The average Bonchev–Trinajstić information content (AvgIpc) is 3.27. The zero-order valence-corrected chi connectivity index (χ0v) is 14.8. The van der Waals surface area contributed by atoms with Gasteiger partial charge < -0.3 is 14.9 Å². The topological polar surface area (TPSA) is 102 Å². The zero-order valence-electron chi connectivity index (χ0n) is 14.0. The first-order valence-electron chi connectivity index (χ1n) is 8.32. The van der Waals surface area contributed by atoms with E-state index < -0.39 is 9.84 Å². The maximum Gasteiger partial charge on any atom is 0.270 e. The number of rotatable bonds is 3. The fourth-order valence-corrected chi connectivity index (χ4v) is 5.84. The van der Waals surface area contributed by atoms with Crippen LogP contribution in [0.15, 0.2) is 24.7 Å². The van der Waals surface area contributed by atoms with Crippen molar-refractivity contribution in [2.75, 3.05) is 24.6 Å². The highest BCUT2D eigenvalue weighted by atomic mass is 32.2. The van der Waals surface area contributed by atoms with Gasteiger partial charge in [-0.15, -0.1) is 0 Å². The van der Waals surface area contributed by atoms with Crippen LogP contribution >= 0.6 is 0 Å². The number of hydrogen-bond donors (Lipinski definition) is 2. The van der Waals surface area contributed by atoms with Crippen LogP contribution in [0.5, 0.6) is 0 Å². The second-order valence-electron chi connectivity index (χ2n) is 6.74. The number of nitrogens with zero attached hydrogens (tertiary/aromatic N) is 3. The van der Waals surface area contributed by atoms with Crippen LogP contribution in [-0.2, 0) is 16.4 Å². The molecule has 4 rings (SSSR count). The SMILES string of the molecule is Cc1[nH]cnc1CN1CCN(C(=O)c2ccc[nH]2)[C@H]2CS(=O)(=O)C[C@H]21. The van der Waals surface area contributed by atoms with Crippen molar-refractivity contribution in [3.05, 3.63) is 41.7 Å². The summed E-state index contributed by atoms with van der Waals surface area (Å²) in [5, 5.41) is 0. The lowest BCUT2D eigenvalue weighted by molar-refractivity contribution is 0.0298. The summed E-state index contributed by atoms with van der Waals surface area (Å²) >= 11 is 0. The minimum absolute atomic E-state index is 0.0279. The van der Waals surface area contributed by atoms with Crippen LogP contribution in [-0.4, -0.2) is 75.8 Å². The van der Waals surface area contributed by atoms with E-state index in [1.165, 1.54) is 0 Å². The normalized spacial score (nSPS) is 25.9. The number of piperazine rings is 1. The molecule has 2 saturated heterocycles. The summed E-state index contributed by atoms with van der Waals surface area (Å²) in [6, 6.07) is 3.00. The van der Waals surface area contributed by atoms with Crippen molar-refractivity contribution in [2.24, 2.45) is 0 Å². The molecule has 4 heterocycles. The summed E-state index contributed by atoms with van der Waals surface area (Å²) in [5.74, 6) is -0.0109. The van der Waals surface area contributed by atoms with Gasteiger partial charge in [0, 0.05) is 37.6 Å². The third-order valence-corrected chi connectivity index (χ3v) is 6.87. The van der Waals surface area contributed by atoms with Crippen LogP contribution in [0.3, 0.4) is 0 Å². The second-order valence-corrected chi connectivity index (χ2v) is 8.89. The molecule has 2 N–H and O–H groups in total. The van der Waals surface area contributed by atoms with Gasteiger partial charge >= 0.3 is 0 Å². The van der Waals surface area contributed by atoms with Gasteiger partial charge in [-0.05, 0) is 19.1 Å². The summed E-state index contributed by atoms with van der Waals surface area (Å²) in [7, 11) is -3.16. The third-order valence-electron chi connectivity index (χ3n) is 5.17. The molecule has 0 spiro atoms. The summed E-state index contributed by atoms with van der Waals surface area (Å²) in [6.45, 7) is 3.69. The fourth-order valence-electron chi connectivity index (χ4n) is 3.83. The lowest BCUT2D eigenvalue weighted by Gasteiger charge is -2.43. The van der Waals surface area contributed by atoms with Gasteiger partial charge in [0.05, 0.1) is 29.6 Å². The minimum atomic E-state index is -3.16. The smallest absolute Gasteiger partial charge is 0.270 e. The van der Waals surface area contributed by atoms with Gasteiger partial charge in [-0.1, -0.05) is 0 Å². The summed E-state index contributed by atoms with van der Waals surface area (Å²) in [5.41, 5.74) is 2.41. The molecule has 2 atom stereocenters. The lowest BCUT2D eigenvalue weighted by atomic mass is 10.0. The molecule has 2 fully saturated rings. The Hall–Kier alpha value is -2.13. The van der Waals surface area contributed by atoms with E-state index in [-0.39, 0.29) is 29.5 Å². The Morgan fingerprint density at radius 2 is 2.08 bits per heavy atom. The number of nitrogens with one attached hydrogen (secondary N) is 2. The molecule has 2 aliphatic rings.